The highest BCUT2D eigenvalue weighted by molar-refractivity contribution is 5.95. The van der Waals surface area contributed by atoms with Crippen LogP contribution >= 0.6 is 0 Å². The number of dihydropyridines is 1. The SMILES string of the molecule is CCOCCOC(=O)C1=CNC=C(C(=O)OCC)C1. The normalized spacial score (nSPS) is 14.0. The lowest BCUT2D eigenvalue weighted by atomic mass is 10.1. The van der Waals surface area contributed by atoms with Crippen molar-refractivity contribution in [3.05, 3.63) is 23.5 Å². The molecule has 0 atom stereocenters. The molecular formula is C13H19NO5. The fraction of sp³-hybridized carbons (Fsp3) is 0.538. The van der Waals surface area contributed by atoms with Crippen molar-refractivity contribution < 1.29 is 23.8 Å². The van der Waals surface area contributed by atoms with Gasteiger partial charge in [-0.3, -0.25) is 0 Å². The van der Waals surface area contributed by atoms with Crippen molar-refractivity contribution in [2.45, 2.75) is 20.3 Å². The molecule has 0 saturated carbocycles. The van der Waals surface area contributed by atoms with Gasteiger partial charge in [0.25, 0.3) is 0 Å². The van der Waals surface area contributed by atoms with Crippen molar-refractivity contribution in [2.75, 3.05) is 26.4 Å². The number of carbonyl (C=O) groups is 2. The average molecular weight is 269 g/mol. The summed E-state index contributed by atoms with van der Waals surface area (Å²) in [6.45, 7) is 5.04. The molecule has 6 nitrogen and oxygen atoms in total. The molecule has 19 heavy (non-hydrogen) atoms. The Morgan fingerprint density at radius 3 is 2.26 bits per heavy atom. The smallest absolute Gasteiger partial charge is 0.335 e. The molecule has 0 aromatic rings. The van der Waals surface area contributed by atoms with Gasteiger partial charge in [-0.2, -0.15) is 0 Å². The first-order chi connectivity index (χ1) is 9.19. The van der Waals surface area contributed by atoms with Crippen LogP contribution in [-0.4, -0.2) is 38.4 Å². The molecule has 0 saturated heterocycles. The van der Waals surface area contributed by atoms with Gasteiger partial charge in [-0.05, 0) is 13.8 Å². The molecular weight excluding hydrogens is 250 g/mol. The molecule has 0 fully saturated rings. The Bertz CT molecular complexity index is 386. The molecule has 1 N–H and O–H groups in total. The fourth-order valence-electron chi connectivity index (χ4n) is 1.47. The first-order valence-electron chi connectivity index (χ1n) is 6.25. The van der Waals surface area contributed by atoms with E-state index >= 15 is 0 Å². The van der Waals surface area contributed by atoms with Gasteiger partial charge in [0.15, 0.2) is 0 Å². The Morgan fingerprint density at radius 1 is 1.05 bits per heavy atom. The Morgan fingerprint density at radius 2 is 1.68 bits per heavy atom. The predicted molar refractivity (Wildman–Crippen MR) is 68.0 cm³/mol. The van der Waals surface area contributed by atoms with Crippen LogP contribution in [0.5, 0.6) is 0 Å². The van der Waals surface area contributed by atoms with Crippen molar-refractivity contribution in [3.63, 3.8) is 0 Å². The Labute approximate surface area is 112 Å². The molecule has 106 valence electrons. The maximum absolute atomic E-state index is 11.7. The van der Waals surface area contributed by atoms with E-state index < -0.39 is 11.9 Å². The quantitative estimate of drug-likeness (QED) is 0.546. The highest BCUT2D eigenvalue weighted by Crippen LogP contribution is 2.16. The first kappa shape index (κ1) is 15.2. The van der Waals surface area contributed by atoms with Crippen molar-refractivity contribution in [1.29, 1.82) is 0 Å². The predicted octanol–water partition coefficient (Wildman–Crippen LogP) is 0.890. The molecule has 1 aliphatic rings. The van der Waals surface area contributed by atoms with Gasteiger partial charge in [-0.15, -0.1) is 0 Å². The summed E-state index contributed by atoms with van der Waals surface area (Å²) < 4.78 is 15.0. The second-order valence-electron chi connectivity index (χ2n) is 3.74. The second-order valence-corrected chi connectivity index (χ2v) is 3.74. The Balaban J connectivity index is 2.41. The highest BCUT2D eigenvalue weighted by Gasteiger charge is 2.20. The highest BCUT2D eigenvalue weighted by atomic mass is 16.6. The van der Waals surface area contributed by atoms with E-state index in [-0.39, 0.29) is 13.0 Å². The molecule has 0 bridgehead atoms. The minimum absolute atomic E-state index is 0.197. The first-order valence-corrected chi connectivity index (χ1v) is 6.25. The van der Waals surface area contributed by atoms with Crippen LogP contribution in [0.15, 0.2) is 23.5 Å². The molecule has 6 heteroatoms. The summed E-state index contributed by atoms with van der Waals surface area (Å²) in [5.41, 5.74) is 0.795. The van der Waals surface area contributed by atoms with Gasteiger partial charge < -0.3 is 19.5 Å². The molecule has 0 radical (unpaired) electrons. The Hall–Kier alpha value is -1.82. The minimum atomic E-state index is -0.456. The van der Waals surface area contributed by atoms with Gasteiger partial charge in [0, 0.05) is 25.4 Å². The molecule has 0 aliphatic carbocycles. The number of nitrogens with one attached hydrogen (secondary N) is 1. The topological polar surface area (TPSA) is 73.9 Å². The molecule has 1 rings (SSSR count). The van der Waals surface area contributed by atoms with E-state index in [0.717, 1.165) is 0 Å². The van der Waals surface area contributed by atoms with Crippen LogP contribution in [0, 0.1) is 0 Å². The zero-order valence-corrected chi connectivity index (χ0v) is 11.2. The summed E-state index contributed by atoms with van der Waals surface area (Å²) in [6, 6.07) is 0. The van der Waals surface area contributed by atoms with Crippen LogP contribution in [-0.2, 0) is 23.8 Å². The summed E-state index contributed by atoms with van der Waals surface area (Å²) in [5, 5.41) is 2.75. The zero-order chi connectivity index (χ0) is 14.1. The summed E-state index contributed by atoms with van der Waals surface area (Å²) in [6.07, 6.45) is 3.25. The second kappa shape index (κ2) is 8.31. The monoisotopic (exact) mass is 269 g/mol. The van der Waals surface area contributed by atoms with Gasteiger partial charge >= 0.3 is 11.9 Å². The van der Waals surface area contributed by atoms with Crippen LogP contribution in [0.3, 0.4) is 0 Å². The van der Waals surface area contributed by atoms with Crippen molar-refractivity contribution in [1.82, 2.24) is 5.32 Å². The van der Waals surface area contributed by atoms with Crippen LogP contribution in [0.25, 0.3) is 0 Å². The minimum Gasteiger partial charge on any atom is -0.463 e. The zero-order valence-electron chi connectivity index (χ0n) is 11.2. The summed E-state index contributed by atoms with van der Waals surface area (Å²) in [7, 11) is 0. The summed E-state index contributed by atoms with van der Waals surface area (Å²) in [4.78, 5) is 23.3. The Kier molecular flexibility index (Phi) is 6.67. The van der Waals surface area contributed by atoms with Crippen molar-refractivity contribution in [2.24, 2.45) is 0 Å². The lowest BCUT2D eigenvalue weighted by molar-refractivity contribution is -0.140. The number of esters is 2. The fourth-order valence-corrected chi connectivity index (χ4v) is 1.47. The maximum atomic E-state index is 11.7. The third kappa shape index (κ3) is 5.13. The van der Waals surface area contributed by atoms with E-state index in [4.69, 9.17) is 14.2 Å². The van der Waals surface area contributed by atoms with E-state index in [2.05, 4.69) is 5.32 Å². The molecule has 0 aromatic carbocycles. The van der Waals surface area contributed by atoms with Gasteiger partial charge in [0.1, 0.15) is 6.61 Å². The largest absolute Gasteiger partial charge is 0.463 e. The van der Waals surface area contributed by atoms with Crippen molar-refractivity contribution >= 4 is 11.9 Å². The average Bonchev–Trinajstić information content (AvgIpc) is 2.44. The van der Waals surface area contributed by atoms with Crippen LogP contribution in [0.2, 0.25) is 0 Å². The van der Waals surface area contributed by atoms with Crippen LogP contribution in [0.4, 0.5) is 0 Å². The summed E-state index contributed by atoms with van der Waals surface area (Å²) in [5.74, 6) is -0.884. The number of ether oxygens (including phenoxy) is 3. The van der Waals surface area contributed by atoms with E-state index in [0.29, 0.717) is 31.0 Å². The lowest BCUT2D eigenvalue weighted by Gasteiger charge is -2.14. The molecule has 0 aromatic heterocycles. The lowest BCUT2D eigenvalue weighted by Crippen LogP contribution is -2.21. The molecule has 1 aliphatic heterocycles. The number of carbonyl (C=O) groups excluding carboxylic acids is 2. The molecule has 0 amide bonds. The van der Waals surface area contributed by atoms with Crippen molar-refractivity contribution in [3.8, 4) is 0 Å². The van der Waals surface area contributed by atoms with Gasteiger partial charge in [-0.25, -0.2) is 9.59 Å². The van der Waals surface area contributed by atoms with E-state index in [1.807, 2.05) is 6.92 Å². The van der Waals surface area contributed by atoms with Crippen LogP contribution < -0.4 is 5.32 Å². The number of hydrogen-bond acceptors (Lipinski definition) is 6. The maximum Gasteiger partial charge on any atom is 0.335 e. The number of hydrogen-bond donors (Lipinski definition) is 1. The van der Waals surface area contributed by atoms with Gasteiger partial charge in [0.2, 0.25) is 0 Å². The molecule has 0 unspecified atom stereocenters. The third-order valence-electron chi connectivity index (χ3n) is 2.36. The number of rotatable bonds is 7. The van der Waals surface area contributed by atoms with E-state index in [1.54, 1.807) is 6.92 Å². The van der Waals surface area contributed by atoms with Gasteiger partial charge in [0.05, 0.1) is 24.4 Å². The standard InChI is InChI=1S/C13H19NO5/c1-3-17-5-6-19-13(16)11-7-10(8-14-9-11)12(15)18-4-2/h8-9,14H,3-7H2,1-2H3. The van der Waals surface area contributed by atoms with Crippen LogP contribution in [0.1, 0.15) is 20.3 Å². The molecule has 0 spiro atoms. The van der Waals surface area contributed by atoms with E-state index in [9.17, 15) is 9.59 Å². The summed E-state index contributed by atoms with van der Waals surface area (Å²) >= 11 is 0. The third-order valence-corrected chi connectivity index (χ3v) is 2.36. The van der Waals surface area contributed by atoms with Gasteiger partial charge in [-0.1, -0.05) is 0 Å². The molecule has 1 heterocycles. The van der Waals surface area contributed by atoms with E-state index in [1.165, 1.54) is 12.4 Å².